The Morgan fingerprint density at radius 3 is 2.88 bits per heavy atom. The Morgan fingerprint density at radius 1 is 1.28 bits per heavy atom. The van der Waals surface area contributed by atoms with Crippen LogP contribution in [0.1, 0.15) is 27.4 Å². The highest BCUT2D eigenvalue weighted by molar-refractivity contribution is 7.15. The third kappa shape index (κ3) is 2.94. The molecule has 0 aliphatic rings. The monoisotopic (exact) mass is 352 g/mol. The maximum atomic E-state index is 12.4. The number of carbonyl (C=O) groups excluding carboxylic acids is 1. The van der Waals surface area contributed by atoms with Gasteiger partial charge < -0.3 is 9.84 Å². The number of benzene rings is 1. The number of hydrogen-bond donors (Lipinski definition) is 1. The number of carbonyl (C=O) groups is 1. The topological polar surface area (TPSA) is 72.4 Å². The van der Waals surface area contributed by atoms with Crippen LogP contribution in [0.25, 0.3) is 16.3 Å². The van der Waals surface area contributed by atoms with Crippen molar-refractivity contribution < 1.29 is 9.32 Å². The summed E-state index contributed by atoms with van der Waals surface area (Å²) < 4.78 is 7.29. The van der Waals surface area contributed by atoms with Crippen LogP contribution >= 0.6 is 11.3 Å². The Bertz CT molecular complexity index is 1040. The fourth-order valence-corrected chi connectivity index (χ4v) is 3.42. The molecule has 1 aromatic carbocycles. The molecule has 0 bridgehead atoms. The molecule has 3 aromatic heterocycles. The highest BCUT2D eigenvalue weighted by Gasteiger charge is 2.15. The summed E-state index contributed by atoms with van der Waals surface area (Å²) in [7, 11) is 0. The normalized spacial score (nSPS) is 11.1. The summed E-state index contributed by atoms with van der Waals surface area (Å²) in [6.07, 6.45) is 1.95. The second-order valence-electron chi connectivity index (χ2n) is 5.82. The van der Waals surface area contributed by atoms with E-state index in [1.165, 1.54) is 0 Å². The van der Waals surface area contributed by atoms with Crippen LogP contribution in [-0.2, 0) is 6.54 Å². The molecule has 3 heterocycles. The molecule has 0 fully saturated rings. The minimum Gasteiger partial charge on any atom is -0.355 e. The third-order valence-corrected chi connectivity index (χ3v) is 4.81. The lowest BCUT2D eigenvalue weighted by Crippen LogP contribution is -2.24. The lowest BCUT2D eigenvalue weighted by molar-refractivity contribution is 0.0941. The Morgan fingerprint density at radius 2 is 2.08 bits per heavy atom. The summed E-state index contributed by atoms with van der Waals surface area (Å²) in [6, 6.07) is 9.53. The third-order valence-electron chi connectivity index (χ3n) is 4.06. The Kier molecular flexibility index (Phi) is 3.85. The molecule has 0 unspecified atom stereocenters. The van der Waals surface area contributed by atoms with E-state index in [9.17, 15) is 4.79 Å². The fourth-order valence-electron chi connectivity index (χ4n) is 2.64. The molecular weight excluding hydrogens is 336 g/mol. The van der Waals surface area contributed by atoms with Crippen molar-refractivity contribution in [2.24, 2.45) is 0 Å². The smallest absolute Gasteiger partial charge is 0.273 e. The first-order valence-electron chi connectivity index (χ1n) is 7.85. The maximum Gasteiger partial charge on any atom is 0.273 e. The van der Waals surface area contributed by atoms with Gasteiger partial charge in [-0.3, -0.25) is 9.20 Å². The van der Waals surface area contributed by atoms with Gasteiger partial charge >= 0.3 is 0 Å². The first-order chi connectivity index (χ1) is 12.1. The molecule has 0 atom stereocenters. The van der Waals surface area contributed by atoms with Crippen molar-refractivity contribution >= 4 is 22.2 Å². The predicted molar refractivity (Wildman–Crippen MR) is 95.7 cm³/mol. The summed E-state index contributed by atoms with van der Waals surface area (Å²) in [6.45, 7) is 4.34. The van der Waals surface area contributed by atoms with E-state index in [4.69, 9.17) is 4.52 Å². The average Bonchev–Trinajstić information content (AvgIpc) is 3.30. The van der Waals surface area contributed by atoms with E-state index in [1.54, 1.807) is 17.4 Å². The lowest BCUT2D eigenvalue weighted by atomic mass is 10.1. The van der Waals surface area contributed by atoms with Crippen LogP contribution < -0.4 is 5.32 Å². The Balaban J connectivity index is 1.49. The SMILES string of the molecule is Cc1ccc(-c2cc(C(=O)NCc3c(C)nc4sccn34)no2)cc1. The van der Waals surface area contributed by atoms with E-state index >= 15 is 0 Å². The van der Waals surface area contributed by atoms with Gasteiger partial charge in [-0.25, -0.2) is 4.98 Å². The van der Waals surface area contributed by atoms with Crippen molar-refractivity contribution in [1.29, 1.82) is 0 Å². The summed E-state index contributed by atoms with van der Waals surface area (Å²) in [5.41, 5.74) is 4.19. The Hall–Kier alpha value is -2.93. The first-order valence-corrected chi connectivity index (χ1v) is 8.73. The molecule has 1 amide bonds. The number of nitrogens with zero attached hydrogens (tertiary/aromatic N) is 3. The van der Waals surface area contributed by atoms with Crippen molar-refractivity contribution in [3.05, 3.63) is 64.6 Å². The van der Waals surface area contributed by atoms with Gasteiger partial charge in [-0.1, -0.05) is 35.0 Å². The van der Waals surface area contributed by atoms with E-state index in [0.29, 0.717) is 12.3 Å². The second-order valence-corrected chi connectivity index (χ2v) is 6.70. The van der Waals surface area contributed by atoms with E-state index in [-0.39, 0.29) is 11.6 Å². The molecule has 0 spiro atoms. The van der Waals surface area contributed by atoms with E-state index < -0.39 is 0 Å². The van der Waals surface area contributed by atoms with Gasteiger partial charge in [-0.2, -0.15) is 0 Å². The molecule has 0 radical (unpaired) electrons. The minimum atomic E-state index is -0.272. The predicted octanol–water partition coefficient (Wildman–Crippen LogP) is 3.60. The molecule has 0 aliphatic heterocycles. The van der Waals surface area contributed by atoms with Crippen molar-refractivity contribution in [3.8, 4) is 11.3 Å². The zero-order chi connectivity index (χ0) is 17.4. The number of aromatic nitrogens is 3. The molecule has 25 heavy (non-hydrogen) atoms. The van der Waals surface area contributed by atoms with Gasteiger partial charge in [0.05, 0.1) is 17.9 Å². The molecule has 4 rings (SSSR count). The lowest BCUT2D eigenvalue weighted by Gasteiger charge is -2.03. The van der Waals surface area contributed by atoms with Gasteiger partial charge in [0, 0.05) is 23.2 Å². The van der Waals surface area contributed by atoms with Crippen LogP contribution in [-0.4, -0.2) is 20.4 Å². The summed E-state index contributed by atoms with van der Waals surface area (Å²) in [5, 5.41) is 8.73. The van der Waals surface area contributed by atoms with Crippen molar-refractivity contribution in [2.45, 2.75) is 20.4 Å². The van der Waals surface area contributed by atoms with Gasteiger partial charge in [0.15, 0.2) is 16.4 Å². The summed E-state index contributed by atoms with van der Waals surface area (Å²) in [5.74, 6) is 0.303. The van der Waals surface area contributed by atoms with Crippen LogP contribution in [0.2, 0.25) is 0 Å². The summed E-state index contributed by atoms with van der Waals surface area (Å²) >= 11 is 1.57. The molecule has 0 saturated carbocycles. The molecule has 4 aromatic rings. The van der Waals surface area contributed by atoms with E-state index in [2.05, 4.69) is 15.5 Å². The van der Waals surface area contributed by atoms with Crippen LogP contribution in [0.3, 0.4) is 0 Å². The first kappa shape index (κ1) is 15.6. The van der Waals surface area contributed by atoms with Crippen molar-refractivity contribution in [3.63, 3.8) is 0 Å². The highest BCUT2D eigenvalue weighted by atomic mass is 32.1. The maximum absolute atomic E-state index is 12.4. The van der Waals surface area contributed by atoms with Gasteiger partial charge in [0.25, 0.3) is 5.91 Å². The number of aryl methyl sites for hydroxylation is 2. The van der Waals surface area contributed by atoms with Gasteiger partial charge in [-0.15, -0.1) is 11.3 Å². The van der Waals surface area contributed by atoms with E-state index in [0.717, 1.165) is 27.5 Å². The quantitative estimate of drug-likeness (QED) is 0.609. The zero-order valence-corrected chi connectivity index (χ0v) is 14.6. The fraction of sp³-hybridized carbons (Fsp3) is 0.167. The molecule has 6 nitrogen and oxygen atoms in total. The van der Waals surface area contributed by atoms with Crippen LogP contribution in [0.15, 0.2) is 46.4 Å². The minimum absolute atomic E-state index is 0.263. The Labute approximate surface area is 148 Å². The molecular formula is C18H16N4O2S. The van der Waals surface area contributed by atoms with Crippen molar-refractivity contribution in [1.82, 2.24) is 19.9 Å². The highest BCUT2D eigenvalue weighted by Crippen LogP contribution is 2.21. The number of rotatable bonds is 4. The van der Waals surface area contributed by atoms with Crippen LogP contribution in [0.4, 0.5) is 0 Å². The molecule has 7 heteroatoms. The van der Waals surface area contributed by atoms with E-state index in [1.807, 2.05) is 54.1 Å². The van der Waals surface area contributed by atoms with Gasteiger partial charge in [0.2, 0.25) is 0 Å². The molecule has 0 saturated heterocycles. The van der Waals surface area contributed by atoms with Crippen LogP contribution in [0.5, 0.6) is 0 Å². The standard InChI is InChI=1S/C18H16N4O2S/c1-11-3-5-13(6-4-11)16-9-14(21-24-16)17(23)19-10-15-12(2)20-18-22(15)7-8-25-18/h3-9H,10H2,1-2H3,(H,19,23). The summed E-state index contributed by atoms with van der Waals surface area (Å²) in [4.78, 5) is 17.8. The zero-order valence-electron chi connectivity index (χ0n) is 13.8. The van der Waals surface area contributed by atoms with Crippen molar-refractivity contribution in [2.75, 3.05) is 0 Å². The number of nitrogens with one attached hydrogen (secondary N) is 1. The number of amides is 1. The average molecular weight is 352 g/mol. The number of hydrogen-bond acceptors (Lipinski definition) is 5. The largest absolute Gasteiger partial charge is 0.355 e. The van der Waals surface area contributed by atoms with Gasteiger partial charge in [0.1, 0.15) is 0 Å². The number of thiazole rings is 1. The molecule has 126 valence electrons. The second kappa shape index (κ2) is 6.18. The number of imidazole rings is 1. The van der Waals surface area contributed by atoms with Gasteiger partial charge in [-0.05, 0) is 13.8 Å². The van der Waals surface area contributed by atoms with Crippen LogP contribution in [0, 0.1) is 13.8 Å². The molecule has 1 N–H and O–H groups in total. The number of fused-ring (bicyclic) bond motifs is 1. The molecule has 0 aliphatic carbocycles.